The van der Waals surface area contributed by atoms with Crippen LogP contribution in [0.1, 0.15) is 303 Å². The van der Waals surface area contributed by atoms with Crippen molar-refractivity contribution in [2.24, 2.45) is 0 Å². The number of carbonyl (C=O) groups excluding carboxylic acids is 3. The molecule has 0 bridgehead atoms. The molecule has 6 heteroatoms. The van der Waals surface area contributed by atoms with E-state index in [4.69, 9.17) is 14.2 Å². The number of carbonyl (C=O) groups is 3. The van der Waals surface area contributed by atoms with E-state index in [0.717, 1.165) is 135 Å². The van der Waals surface area contributed by atoms with Crippen molar-refractivity contribution in [3.05, 3.63) is 122 Å². The largest absolute Gasteiger partial charge is 0.462 e. The summed E-state index contributed by atoms with van der Waals surface area (Å²) in [6.07, 6.45) is 92.1. The maximum absolute atomic E-state index is 12.9. The van der Waals surface area contributed by atoms with Gasteiger partial charge in [-0.05, 0) is 128 Å². The standard InChI is InChI=1S/C73H122O6/c1-4-7-10-13-16-19-22-25-28-29-30-31-32-33-34-35-36-37-38-39-40-41-42-43-44-45-46-49-51-54-57-60-63-66-72(75)78-69-70(79-73(76)67-64-61-58-55-52-48-27-24-21-18-15-12-9-6-3)68-77-71(74)65-62-59-56-53-50-47-26-23-20-17-14-11-8-5-2/h7,10,15-16,18-19,23-28,30-31,33-34,36-37,39-40,70H,4-6,8-9,11-14,17,20-22,29,32,35,38,41-69H2,1-3H3/b10-7-,18-15-,19-16-,26-23-,27-24-,28-25-,31-30-,34-33-,37-36-,40-39-. The van der Waals surface area contributed by atoms with Gasteiger partial charge in [0.15, 0.2) is 6.10 Å². The molecule has 0 radical (unpaired) electrons. The average molecular weight is 1100 g/mol. The monoisotopic (exact) mass is 1090 g/mol. The average Bonchev–Trinajstić information content (AvgIpc) is 3.45. The third-order valence-corrected chi connectivity index (χ3v) is 13.9. The molecule has 0 rings (SSSR count). The molecule has 0 aromatic rings. The first-order chi connectivity index (χ1) is 39.0. The Labute approximate surface area is 488 Å². The summed E-state index contributed by atoms with van der Waals surface area (Å²) >= 11 is 0. The van der Waals surface area contributed by atoms with Crippen molar-refractivity contribution in [2.75, 3.05) is 13.2 Å². The summed E-state index contributed by atoms with van der Waals surface area (Å²) in [6, 6.07) is 0. The van der Waals surface area contributed by atoms with Crippen LogP contribution in [0.15, 0.2) is 122 Å². The summed E-state index contributed by atoms with van der Waals surface area (Å²) in [5, 5.41) is 0. The minimum atomic E-state index is -0.792. The molecule has 1 unspecified atom stereocenters. The smallest absolute Gasteiger partial charge is 0.306 e. The highest BCUT2D eigenvalue weighted by Gasteiger charge is 2.19. The van der Waals surface area contributed by atoms with Crippen LogP contribution in [0.3, 0.4) is 0 Å². The molecular weight excluding hydrogens is 973 g/mol. The van der Waals surface area contributed by atoms with Gasteiger partial charge < -0.3 is 14.2 Å². The number of hydrogen-bond donors (Lipinski definition) is 0. The van der Waals surface area contributed by atoms with Gasteiger partial charge in [0.05, 0.1) is 0 Å². The van der Waals surface area contributed by atoms with E-state index >= 15 is 0 Å². The fourth-order valence-electron chi connectivity index (χ4n) is 8.96. The lowest BCUT2D eigenvalue weighted by Crippen LogP contribution is -2.30. The second-order valence-corrected chi connectivity index (χ2v) is 21.6. The predicted octanol–water partition coefficient (Wildman–Crippen LogP) is 22.8. The van der Waals surface area contributed by atoms with Crippen LogP contribution in [-0.4, -0.2) is 37.2 Å². The third-order valence-electron chi connectivity index (χ3n) is 13.9. The summed E-state index contributed by atoms with van der Waals surface area (Å²) in [4.78, 5) is 38.3. The van der Waals surface area contributed by atoms with Crippen molar-refractivity contribution in [1.82, 2.24) is 0 Å². The Balaban J connectivity index is 4.24. The Morgan fingerprint density at radius 2 is 0.506 bits per heavy atom. The summed E-state index contributed by atoms with van der Waals surface area (Å²) in [7, 11) is 0. The summed E-state index contributed by atoms with van der Waals surface area (Å²) < 4.78 is 16.9. The zero-order chi connectivity index (χ0) is 57.1. The van der Waals surface area contributed by atoms with Crippen LogP contribution in [0.5, 0.6) is 0 Å². The van der Waals surface area contributed by atoms with E-state index in [2.05, 4.69) is 142 Å². The third kappa shape index (κ3) is 64.5. The van der Waals surface area contributed by atoms with Gasteiger partial charge >= 0.3 is 17.9 Å². The Kier molecular flexibility index (Phi) is 62.8. The van der Waals surface area contributed by atoms with Crippen molar-refractivity contribution in [1.29, 1.82) is 0 Å². The van der Waals surface area contributed by atoms with Crippen LogP contribution in [0.4, 0.5) is 0 Å². The zero-order valence-corrected chi connectivity index (χ0v) is 51.6. The first-order valence-electron chi connectivity index (χ1n) is 33.0. The van der Waals surface area contributed by atoms with Crippen LogP contribution < -0.4 is 0 Å². The van der Waals surface area contributed by atoms with E-state index < -0.39 is 6.10 Å². The van der Waals surface area contributed by atoms with Crippen LogP contribution >= 0.6 is 0 Å². The quantitative estimate of drug-likeness (QED) is 0.0261. The first kappa shape index (κ1) is 74.8. The molecule has 450 valence electrons. The molecule has 79 heavy (non-hydrogen) atoms. The van der Waals surface area contributed by atoms with Gasteiger partial charge in [-0.2, -0.15) is 0 Å². The van der Waals surface area contributed by atoms with Gasteiger partial charge in [-0.25, -0.2) is 0 Å². The molecule has 1 atom stereocenters. The van der Waals surface area contributed by atoms with Gasteiger partial charge in [0.25, 0.3) is 0 Å². The molecule has 0 aliphatic heterocycles. The number of ether oxygens (including phenoxy) is 3. The molecule has 6 nitrogen and oxygen atoms in total. The van der Waals surface area contributed by atoms with Crippen molar-refractivity contribution in [2.45, 2.75) is 309 Å². The number of unbranched alkanes of at least 4 members (excludes halogenated alkanes) is 28. The van der Waals surface area contributed by atoms with Gasteiger partial charge in [-0.1, -0.05) is 277 Å². The minimum Gasteiger partial charge on any atom is -0.462 e. The lowest BCUT2D eigenvalue weighted by Gasteiger charge is -2.18. The second kappa shape index (κ2) is 66.3. The SMILES string of the molecule is CC/C=C\C/C=C\C/C=C\C/C=C\C/C=C\C/C=C\C/C=C\CCCCCCCCCCCCCC(=O)OCC(COC(=O)CCCCCCC/C=C\CCCCCCC)OC(=O)CCCCCCC/C=C\C/C=C\CCCC. The molecule has 0 spiro atoms. The first-order valence-corrected chi connectivity index (χ1v) is 33.0. The highest BCUT2D eigenvalue weighted by Crippen LogP contribution is 2.15. The van der Waals surface area contributed by atoms with Gasteiger partial charge in [0.2, 0.25) is 0 Å². The van der Waals surface area contributed by atoms with Crippen LogP contribution in [0, 0.1) is 0 Å². The van der Waals surface area contributed by atoms with Crippen molar-refractivity contribution < 1.29 is 28.6 Å². The summed E-state index contributed by atoms with van der Waals surface area (Å²) in [6.45, 7) is 6.47. The summed E-state index contributed by atoms with van der Waals surface area (Å²) in [5.41, 5.74) is 0. The van der Waals surface area contributed by atoms with Gasteiger partial charge in [-0.15, -0.1) is 0 Å². The van der Waals surface area contributed by atoms with Crippen molar-refractivity contribution in [3.8, 4) is 0 Å². The Hall–Kier alpha value is -4.19. The van der Waals surface area contributed by atoms with Crippen molar-refractivity contribution in [3.63, 3.8) is 0 Å². The Morgan fingerprint density at radius 3 is 0.823 bits per heavy atom. The lowest BCUT2D eigenvalue weighted by atomic mass is 10.0. The van der Waals surface area contributed by atoms with E-state index in [1.807, 2.05) is 0 Å². The highest BCUT2D eigenvalue weighted by molar-refractivity contribution is 5.71. The molecule has 0 saturated heterocycles. The summed E-state index contributed by atoms with van der Waals surface area (Å²) in [5.74, 6) is -0.908. The number of hydrogen-bond acceptors (Lipinski definition) is 6. The maximum atomic E-state index is 12.9. The Morgan fingerprint density at radius 1 is 0.266 bits per heavy atom. The lowest BCUT2D eigenvalue weighted by molar-refractivity contribution is -0.167. The predicted molar refractivity (Wildman–Crippen MR) is 343 cm³/mol. The molecule has 0 N–H and O–H groups in total. The molecule has 0 fully saturated rings. The van der Waals surface area contributed by atoms with E-state index in [1.165, 1.54) is 128 Å². The zero-order valence-electron chi connectivity index (χ0n) is 51.6. The number of allylic oxidation sites excluding steroid dienone is 20. The fraction of sp³-hybridized carbons (Fsp3) is 0.685. The maximum Gasteiger partial charge on any atom is 0.306 e. The number of rotatable bonds is 59. The molecule has 0 heterocycles. The molecule has 0 aromatic carbocycles. The van der Waals surface area contributed by atoms with Crippen LogP contribution in [0.25, 0.3) is 0 Å². The van der Waals surface area contributed by atoms with E-state index in [1.54, 1.807) is 0 Å². The topological polar surface area (TPSA) is 78.9 Å². The molecule has 0 amide bonds. The van der Waals surface area contributed by atoms with E-state index in [9.17, 15) is 14.4 Å². The fourth-order valence-corrected chi connectivity index (χ4v) is 8.96. The minimum absolute atomic E-state index is 0.0883. The van der Waals surface area contributed by atoms with Crippen LogP contribution in [0.2, 0.25) is 0 Å². The molecule has 0 aliphatic carbocycles. The normalized spacial score (nSPS) is 12.9. The van der Waals surface area contributed by atoms with E-state index in [0.29, 0.717) is 19.3 Å². The molecular formula is C73H122O6. The highest BCUT2D eigenvalue weighted by atomic mass is 16.6. The van der Waals surface area contributed by atoms with Gasteiger partial charge in [0.1, 0.15) is 13.2 Å². The molecule has 0 aromatic heterocycles. The van der Waals surface area contributed by atoms with E-state index in [-0.39, 0.29) is 31.1 Å². The van der Waals surface area contributed by atoms with Crippen LogP contribution in [-0.2, 0) is 28.6 Å². The number of esters is 3. The van der Waals surface area contributed by atoms with Gasteiger partial charge in [0, 0.05) is 19.3 Å². The molecule has 0 saturated carbocycles. The van der Waals surface area contributed by atoms with Gasteiger partial charge in [-0.3, -0.25) is 14.4 Å². The Bertz CT molecular complexity index is 1640. The van der Waals surface area contributed by atoms with Crippen molar-refractivity contribution >= 4 is 17.9 Å². The second-order valence-electron chi connectivity index (χ2n) is 21.6. The molecule has 0 aliphatic rings.